The second kappa shape index (κ2) is 3.37. The summed E-state index contributed by atoms with van der Waals surface area (Å²) in [5.41, 5.74) is 7.20. The van der Waals surface area contributed by atoms with E-state index >= 15 is 0 Å². The summed E-state index contributed by atoms with van der Waals surface area (Å²) < 4.78 is 0. The molecule has 1 aromatic heterocycles. The Morgan fingerprint density at radius 1 is 1.79 bits per heavy atom. The quantitative estimate of drug-likeness (QED) is 0.801. The second-order valence-electron chi connectivity index (χ2n) is 3.84. The first-order valence-electron chi connectivity index (χ1n) is 4.63. The summed E-state index contributed by atoms with van der Waals surface area (Å²) in [5, 5.41) is 10.8. The van der Waals surface area contributed by atoms with Crippen molar-refractivity contribution in [3.05, 3.63) is 21.9 Å². The zero-order valence-corrected chi connectivity index (χ0v) is 8.75. The van der Waals surface area contributed by atoms with Crippen LogP contribution in [0.1, 0.15) is 22.9 Å². The maximum absolute atomic E-state index is 10.7. The van der Waals surface area contributed by atoms with Crippen LogP contribution in [-0.2, 0) is 4.79 Å². The third-order valence-electron chi connectivity index (χ3n) is 2.82. The highest BCUT2D eigenvalue weighted by Gasteiger charge is 2.47. The number of aliphatic carboxylic acids is 1. The minimum Gasteiger partial charge on any atom is -0.481 e. The van der Waals surface area contributed by atoms with Gasteiger partial charge in [-0.15, -0.1) is 11.3 Å². The highest BCUT2D eigenvalue weighted by atomic mass is 32.1. The van der Waals surface area contributed by atoms with E-state index < -0.39 is 5.97 Å². The lowest BCUT2D eigenvalue weighted by Crippen LogP contribution is -2.15. The highest BCUT2D eigenvalue weighted by molar-refractivity contribution is 7.10. The average Bonchev–Trinajstić information content (AvgIpc) is 2.82. The van der Waals surface area contributed by atoms with Gasteiger partial charge in [0, 0.05) is 10.9 Å². The normalized spacial score (nSPS) is 27.3. The molecule has 1 saturated carbocycles. The molecule has 2 rings (SSSR count). The first-order valence-corrected chi connectivity index (χ1v) is 5.51. The lowest BCUT2D eigenvalue weighted by atomic mass is 10.1. The molecule has 0 radical (unpaired) electrons. The van der Waals surface area contributed by atoms with Gasteiger partial charge in [-0.2, -0.15) is 0 Å². The fourth-order valence-corrected chi connectivity index (χ4v) is 2.82. The molecule has 1 fully saturated rings. The Balaban J connectivity index is 2.08. The van der Waals surface area contributed by atoms with Crippen LogP contribution < -0.4 is 5.73 Å². The largest absolute Gasteiger partial charge is 0.481 e. The van der Waals surface area contributed by atoms with Gasteiger partial charge in [-0.25, -0.2) is 0 Å². The zero-order chi connectivity index (χ0) is 10.3. The molecule has 0 amide bonds. The maximum Gasteiger partial charge on any atom is 0.306 e. The van der Waals surface area contributed by atoms with Crippen LogP contribution in [0.25, 0.3) is 0 Å². The van der Waals surface area contributed by atoms with E-state index in [-0.39, 0.29) is 17.9 Å². The van der Waals surface area contributed by atoms with E-state index in [1.54, 1.807) is 11.3 Å². The topological polar surface area (TPSA) is 63.3 Å². The van der Waals surface area contributed by atoms with Crippen molar-refractivity contribution in [2.75, 3.05) is 0 Å². The van der Waals surface area contributed by atoms with Gasteiger partial charge in [0.15, 0.2) is 0 Å². The van der Waals surface area contributed by atoms with Crippen LogP contribution in [-0.4, -0.2) is 11.1 Å². The molecule has 0 bridgehead atoms. The van der Waals surface area contributed by atoms with E-state index in [1.165, 1.54) is 5.56 Å². The number of rotatable bonds is 3. The molecule has 3 unspecified atom stereocenters. The van der Waals surface area contributed by atoms with Crippen molar-refractivity contribution in [2.45, 2.75) is 19.4 Å². The second-order valence-corrected chi connectivity index (χ2v) is 4.79. The number of carboxylic acids is 1. The fraction of sp³-hybridized carbons (Fsp3) is 0.500. The maximum atomic E-state index is 10.7. The fourth-order valence-electron chi connectivity index (χ4n) is 1.82. The number of hydrogen-bond acceptors (Lipinski definition) is 3. The van der Waals surface area contributed by atoms with Gasteiger partial charge in [0.2, 0.25) is 0 Å². The number of aryl methyl sites for hydroxylation is 1. The van der Waals surface area contributed by atoms with Crippen molar-refractivity contribution in [1.29, 1.82) is 0 Å². The summed E-state index contributed by atoms with van der Waals surface area (Å²) in [6.07, 6.45) is 0.730. The van der Waals surface area contributed by atoms with Crippen LogP contribution in [0.5, 0.6) is 0 Å². The summed E-state index contributed by atoms with van der Waals surface area (Å²) in [5.74, 6) is -0.781. The predicted octanol–water partition coefficient (Wildman–Crippen LogP) is 1.78. The molecule has 0 spiro atoms. The number of carboxylic acid groups (broad SMARTS) is 1. The van der Waals surface area contributed by atoms with E-state index in [9.17, 15) is 4.79 Å². The number of hydrogen-bond donors (Lipinski definition) is 2. The van der Waals surface area contributed by atoms with Crippen LogP contribution in [0.15, 0.2) is 11.4 Å². The van der Waals surface area contributed by atoms with E-state index in [1.807, 2.05) is 18.4 Å². The summed E-state index contributed by atoms with van der Waals surface area (Å²) in [4.78, 5) is 11.8. The van der Waals surface area contributed by atoms with E-state index in [2.05, 4.69) is 0 Å². The van der Waals surface area contributed by atoms with Crippen molar-refractivity contribution in [2.24, 2.45) is 17.6 Å². The Morgan fingerprint density at radius 2 is 2.50 bits per heavy atom. The number of thiophene rings is 1. The molecular weight excluding hydrogens is 198 g/mol. The minimum absolute atomic E-state index is 0.0869. The van der Waals surface area contributed by atoms with Crippen LogP contribution in [0.2, 0.25) is 0 Å². The zero-order valence-electron chi connectivity index (χ0n) is 7.93. The molecule has 0 aliphatic heterocycles. The smallest absolute Gasteiger partial charge is 0.306 e. The predicted molar refractivity (Wildman–Crippen MR) is 55.2 cm³/mol. The Kier molecular flexibility index (Phi) is 2.33. The number of carbonyl (C=O) groups is 1. The molecule has 1 aliphatic rings. The van der Waals surface area contributed by atoms with Gasteiger partial charge in [-0.05, 0) is 36.3 Å². The van der Waals surface area contributed by atoms with Crippen molar-refractivity contribution in [3.63, 3.8) is 0 Å². The molecule has 3 N–H and O–H groups in total. The molecule has 0 aromatic carbocycles. The number of nitrogens with two attached hydrogens (primary N) is 1. The van der Waals surface area contributed by atoms with E-state index in [0.717, 1.165) is 11.3 Å². The molecule has 4 heteroatoms. The molecule has 3 nitrogen and oxygen atoms in total. The van der Waals surface area contributed by atoms with Gasteiger partial charge in [-0.1, -0.05) is 0 Å². The Hall–Kier alpha value is -0.870. The van der Waals surface area contributed by atoms with Crippen LogP contribution in [0.4, 0.5) is 0 Å². The molecule has 1 aliphatic carbocycles. The van der Waals surface area contributed by atoms with Crippen LogP contribution >= 0.6 is 11.3 Å². The van der Waals surface area contributed by atoms with Gasteiger partial charge in [-0.3, -0.25) is 4.79 Å². The Morgan fingerprint density at radius 3 is 2.93 bits per heavy atom. The minimum atomic E-state index is -0.709. The molecule has 3 atom stereocenters. The van der Waals surface area contributed by atoms with Crippen molar-refractivity contribution in [1.82, 2.24) is 0 Å². The van der Waals surface area contributed by atoms with E-state index in [4.69, 9.17) is 10.8 Å². The van der Waals surface area contributed by atoms with Gasteiger partial charge >= 0.3 is 5.97 Å². The Labute approximate surface area is 86.6 Å². The van der Waals surface area contributed by atoms with Crippen molar-refractivity contribution < 1.29 is 9.90 Å². The first-order chi connectivity index (χ1) is 6.61. The standard InChI is InChI=1S/C10H13NO2S/c1-5-2-3-14-9(5)8(11)6-4-7(6)10(12)13/h2-3,6-8H,4,11H2,1H3,(H,12,13). The Bertz CT molecular complexity index is 361. The van der Waals surface area contributed by atoms with Gasteiger partial charge in [0.1, 0.15) is 0 Å². The van der Waals surface area contributed by atoms with Crippen molar-refractivity contribution in [3.8, 4) is 0 Å². The van der Waals surface area contributed by atoms with Crippen LogP contribution in [0, 0.1) is 18.8 Å². The molecule has 0 saturated heterocycles. The SMILES string of the molecule is Cc1ccsc1C(N)C1CC1C(=O)O. The van der Waals surface area contributed by atoms with Gasteiger partial charge in [0.05, 0.1) is 5.92 Å². The molecule has 1 aromatic rings. The average molecular weight is 211 g/mol. The molecule has 76 valence electrons. The molecular formula is C10H13NO2S. The molecule has 1 heterocycles. The van der Waals surface area contributed by atoms with Gasteiger partial charge in [0.25, 0.3) is 0 Å². The monoisotopic (exact) mass is 211 g/mol. The third kappa shape index (κ3) is 1.55. The first kappa shape index (κ1) is 9.68. The molecule has 14 heavy (non-hydrogen) atoms. The summed E-state index contributed by atoms with van der Waals surface area (Å²) in [7, 11) is 0. The third-order valence-corrected chi connectivity index (χ3v) is 3.94. The summed E-state index contributed by atoms with van der Waals surface area (Å²) in [6, 6.07) is 1.94. The lowest BCUT2D eigenvalue weighted by Gasteiger charge is -2.09. The van der Waals surface area contributed by atoms with Crippen LogP contribution in [0.3, 0.4) is 0 Å². The highest BCUT2D eigenvalue weighted by Crippen LogP contribution is 2.47. The summed E-state index contributed by atoms with van der Waals surface area (Å²) >= 11 is 1.62. The van der Waals surface area contributed by atoms with Gasteiger partial charge < -0.3 is 10.8 Å². The van der Waals surface area contributed by atoms with E-state index in [0.29, 0.717) is 0 Å². The lowest BCUT2D eigenvalue weighted by molar-refractivity contribution is -0.138. The van der Waals surface area contributed by atoms with Crippen molar-refractivity contribution >= 4 is 17.3 Å². The summed E-state index contributed by atoms with van der Waals surface area (Å²) in [6.45, 7) is 2.02.